The van der Waals surface area contributed by atoms with Crippen LogP contribution in [-0.2, 0) is 0 Å². The summed E-state index contributed by atoms with van der Waals surface area (Å²) in [4.78, 5) is 11.6. The number of ether oxygens (including phenoxy) is 1. The Morgan fingerprint density at radius 3 is 2.67 bits per heavy atom. The van der Waals surface area contributed by atoms with E-state index in [1.165, 1.54) is 0 Å². The van der Waals surface area contributed by atoms with Crippen LogP contribution in [0.1, 0.15) is 15.9 Å². The van der Waals surface area contributed by atoms with Gasteiger partial charge in [0.05, 0.1) is 18.7 Å². The van der Waals surface area contributed by atoms with Gasteiger partial charge >= 0.3 is 0 Å². The van der Waals surface area contributed by atoms with Crippen LogP contribution in [0.15, 0.2) is 12.1 Å². The highest BCUT2D eigenvalue weighted by Crippen LogP contribution is 2.29. The standard InChI is InChI=1S/C11H14ClNO2/c1-7-4-8(10(14)6-13-2)5-9(12)11(7)15-3/h4-5,13H,6H2,1-3H3. The fourth-order valence-electron chi connectivity index (χ4n) is 1.41. The third-order valence-corrected chi connectivity index (χ3v) is 2.37. The summed E-state index contributed by atoms with van der Waals surface area (Å²) in [5.41, 5.74) is 1.47. The number of hydrogen-bond donors (Lipinski definition) is 1. The minimum atomic E-state index is 0.0187. The molecule has 0 heterocycles. The zero-order chi connectivity index (χ0) is 11.4. The number of carbonyl (C=O) groups excluding carboxylic acids is 1. The first-order chi connectivity index (χ1) is 7.10. The zero-order valence-corrected chi connectivity index (χ0v) is 9.81. The molecule has 0 unspecified atom stereocenters. The van der Waals surface area contributed by atoms with Gasteiger partial charge in [0.1, 0.15) is 5.75 Å². The van der Waals surface area contributed by atoms with Gasteiger partial charge in [-0.25, -0.2) is 0 Å². The lowest BCUT2D eigenvalue weighted by Crippen LogP contribution is -2.18. The fraction of sp³-hybridized carbons (Fsp3) is 0.364. The van der Waals surface area contributed by atoms with E-state index >= 15 is 0 Å². The van der Waals surface area contributed by atoms with Gasteiger partial charge in [-0.15, -0.1) is 0 Å². The van der Waals surface area contributed by atoms with E-state index in [4.69, 9.17) is 16.3 Å². The van der Waals surface area contributed by atoms with Crippen LogP contribution in [-0.4, -0.2) is 26.5 Å². The highest BCUT2D eigenvalue weighted by Gasteiger charge is 2.11. The molecule has 1 aromatic rings. The van der Waals surface area contributed by atoms with E-state index in [-0.39, 0.29) is 5.78 Å². The van der Waals surface area contributed by atoms with Crippen molar-refractivity contribution in [3.8, 4) is 5.75 Å². The molecule has 15 heavy (non-hydrogen) atoms. The number of methoxy groups -OCH3 is 1. The Kier molecular flexibility index (Phi) is 4.12. The number of rotatable bonds is 4. The van der Waals surface area contributed by atoms with Crippen LogP contribution < -0.4 is 10.1 Å². The van der Waals surface area contributed by atoms with Crippen molar-refractivity contribution in [2.45, 2.75) is 6.92 Å². The van der Waals surface area contributed by atoms with Gasteiger partial charge in [0.15, 0.2) is 5.78 Å². The van der Waals surface area contributed by atoms with Crippen LogP contribution >= 0.6 is 11.6 Å². The van der Waals surface area contributed by atoms with Crippen molar-refractivity contribution in [2.24, 2.45) is 0 Å². The van der Waals surface area contributed by atoms with Crippen LogP contribution in [0.3, 0.4) is 0 Å². The first kappa shape index (κ1) is 12.0. The number of nitrogens with one attached hydrogen (secondary N) is 1. The highest BCUT2D eigenvalue weighted by molar-refractivity contribution is 6.32. The minimum absolute atomic E-state index is 0.0187. The normalized spacial score (nSPS) is 10.1. The Balaban J connectivity index is 3.08. The SMILES string of the molecule is CNCC(=O)c1cc(C)c(OC)c(Cl)c1. The summed E-state index contributed by atoms with van der Waals surface area (Å²) in [5.74, 6) is 0.642. The van der Waals surface area contributed by atoms with Crippen LogP contribution in [0.2, 0.25) is 5.02 Å². The number of likely N-dealkylation sites (N-methyl/N-ethyl adjacent to an activating group) is 1. The quantitative estimate of drug-likeness (QED) is 0.801. The van der Waals surface area contributed by atoms with Gasteiger partial charge in [-0.2, -0.15) is 0 Å². The molecule has 0 saturated heterocycles. The molecular weight excluding hydrogens is 214 g/mol. The molecule has 0 aliphatic rings. The topological polar surface area (TPSA) is 38.3 Å². The first-order valence-corrected chi connectivity index (χ1v) is 5.00. The number of Topliss-reactive ketones (excluding diaryl/α,β-unsaturated/α-hetero) is 1. The molecule has 0 fully saturated rings. The molecule has 4 heteroatoms. The fourth-order valence-corrected chi connectivity index (χ4v) is 1.76. The molecule has 1 N–H and O–H groups in total. The Morgan fingerprint density at radius 1 is 1.53 bits per heavy atom. The van der Waals surface area contributed by atoms with Crippen molar-refractivity contribution in [2.75, 3.05) is 20.7 Å². The lowest BCUT2D eigenvalue weighted by molar-refractivity contribution is 0.0993. The molecule has 3 nitrogen and oxygen atoms in total. The number of halogens is 1. The molecule has 0 spiro atoms. The second-order valence-corrected chi connectivity index (χ2v) is 3.67. The second-order valence-electron chi connectivity index (χ2n) is 3.26. The largest absolute Gasteiger partial charge is 0.495 e. The number of carbonyl (C=O) groups is 1. The van der Waals surface area contributed by atoms with Crippen molar-refractivity contribution >= 4 is 17.4 Å². The maximum Gasteiger partial charge on any atom is 0.176 e. The van der Waals surface area contributed by atoms with E-state index in [0.29, 0.717) is 22.9 Å². The average molecular weight is 228 g/mol. The van der Waals surface area contributed by atoms with Gasteiger partial charge in [0.2, 0.25) is 0 Å². The molecule has 1 rings (SSSR count). The van der Waals surface area contributed by atoms with Crippen LogP contribution in [0.25, 0.3) is 0 Å². The van der Waals surface area contributed by atoms with Crippen molar-refractivity contribution < 1.29 is 9.53 Å². The minimum Gasteiger partial charge on any atom is -0.495 e. The summed E-state index contributed by atoms with van der Waals surface area (Å²) in [6.45, 7) is 2.17. The first-order valence-electron chi connectivity index (χ1n) is 4.62. The Hall–Kier alpha value is -1.06. The molecule has 0 saturated carbocycles. The molecule has 1 aromatic carbocycles. The van der Waals surface area contributed by atoms with Crippen LogP contribution in [0.4, 0.5) is 0 Å². The predicted molar refractivity (Wildman–Crippen MR) is 61.0 cm³/mol. The summed E-state index contributed by atoms with van der Waals surface area (Å²) in [5, 5.41) is 3.28. The van der Waals surface area contributed by atoms with Crippen molar-refractivity contribution in [3.05, 3.63) is 28.3 Å². The number of benzene rings is 1. The predicted octanol–water partition coefficient (Wildman–Crippen LogP) is 2.06. The van der Waals surface area contributed by atoms with Crippen LogP contribution in [0, 0.1) is 6.92 Å². The zero-order valence-electron chi connectivity index (χ0n) is 9.06. The second kappa shape index (κ2) is 5.14. The van der Waals surface area contributed by atoms with Crippen molar-refractivity contribution in [1.82, 2.24) is 5.32 Å². The van der Waals surface area contributed by atoms with Crippen LogP contribution in [0.5, 0.6) is 5.75 Å². The highest BCUT2D eigenvalue weighted by atomic mass is 35.5. The van der Waals surface area contributed by atoms with Gasteiger partial charge in [0.25, 0.3) is 0 Å². The van der Waals surface area contributed by atoms with Crippen molar-refractivity contribution in [1.29, 1.82) is 0 Å². The van der Waals surface area contributed by atoms with E-state index in [9.17, 15) is 4.79 Å². The van der Waals surface area contributed by atoms with Gasteiger partial charge in [-0.1, -0.05) is 11.6 Å². The van der Waals surface area contributed by atoms with Gasteiger partial charge in [0, 0.05) is 5.56 Å². The lowest BCUT2D eigenvalue weighted by atomic mass is 10.1. The number of aryl methyl sites for hydroxylation is 1. The molecule has 0 atom stereocenters. The molecule has 0 bridgehead atoms. The van der Waals surface area contributed by atoms with Gasteiger partial charge < -0.3 is 10.1 Å². The third-order valence-electron chi connectivity index (χ3n) is 2.09. The monoisotopic (exact) mass is 227 g/mol. The molecule has 0 radical (unpaired) electrons. The third kappa shape index (κ3) is 2.70. The molecule has 0 amide bonds. The molecule has 0 aliphatic carbocycles. The Morgan fingerprint density at radius 2 is 2.20 bits per heavy atom. The molecule has 0 aliphatic heterocycles. The van der Waals surface area contributed by atoms with E-state index < -0.39 is 0 Å². The summed E-state index contributed by atoms with van der Waals surface area (Å²) in [6.07, 6.45) is 0. The summed E-state index contributed by atoms with van der Waals surface area (Å²) in [7, 11) is 3.29. The summed E-state index contributed by atoms with van der Waals surface area (Å²) in [6, 6.07) is 3.41. The van der Waals surface area contributed by atoms with E-state index in [2.05, 4.69) is 5.32 Å². The maximum atomic E-state index is 11.6. The number of ketones is 1. The Labute approximate surface area is 94.4 Å². The Bertz CT molecular complexity index is 354. The maximum absolute atomic E-state index is 11.6. The summed E-state index contributed by atoms with van der Waals surface area (Å²) >= 11 is 5.98. The lowest BCUT2D eigenvalue weighted by Gasteiger charge is -2.09. The number of hydrogen-bond acceptors (Lipinski definition) is 3. The van der Waals surface area contributed by atoms with E-state index in [1.807, 2.05) is 6.92 Å². The molecule has 82 valence electrons. The van der Waals surface area contributed by atoms with Crippen molar-refractivity contribution in [3.63, 3.8) is 0 Å². The van der Waals surface area contributed by atoms with Gasteiger partial charge in [-0.3, -0.25) is 4.79 Å². The molecular formula is C11H14ClNO2. The average Bonchev–Trinajstić information content (AvgIpc) is 2.17. The summed E-state index contributed by atoms with van der Waals surface area (Å²) < 4.78 is 5.11. The smallest absolute Gasteiger partial charge is 0.176 e. The van der Waals surface area contributed by atoms with E-state index in [1.54, 1.807) is 26.3 Å². The molecule has 0 aromatic heterocycles. The van der Waals surface area contributed by atoms with Gasteiger partial charge in [-0.05, 0) is 31.7 Å². The van der Waals surface area contributed by atoms with E-state index in [0.717, 1.165) is 5.56 Å².